The Balaban J connectivity index is 0.00000242. The molecule has 1 aliphatic heterocycles. The first-order valence-electron chi connectivity index (χ1n) is 7.21. The molecule has 0 aromatic carbocycles. The quantitative estimate of drug-likeness (QED) is 0.432. The molecule has 1 aromatic heterocycles. The van der Waals surface area contributed by atoms with Crippen LogP contribution in [0, 0.1) is 5.92 Å². The van der Waals surface area contributed by atoms with Crippen LogP contribution in [0.25, 0.3) is 0 Å². The monoisotopic (exact) mass is 439 g/mol. The summed E-state index contributed by atoms with van der Waals surface area (Å²) in [5.41, 5.74) is 1.04. The smallest absolute Gasteiger partial charge is 0.193 e. The molecule has 6 nitrogen and oxygen atoms in total. The van der Waals surface area contributed by atoms with Gasteiger partial charge < -0.3 is 19.9 Å². The van der Waals surface area contributed by atoms with Crippen LogP contribution in [0.3, 0.4) is 0 Å². The van der Waals surface area contributed by atoms with Gasteiger partial charge in [0, 0.05) is 52.6 Å². The number of aliphatic imine (C=N–C) groups is 1. The zero-order chi connectivity index (χ0) is 15.2. The number of hydrogen-bond acceptors (Lipinski definition) is 5. The molecule has 0 spiro atoms. The molecule has 1 unspecified atom stereocenters. The predicted molar refractivity (Wildman–Crippen MR) is 104 cm³/mol. The van der Waals surface area contributed by atoms with Crippen molar-refractivity contribution >= 4 is 46.4 Å². The standard InChI is InChI=1S/C14H25N5OS.HI/c1-15-13(19(4)8-11-5-6-20-9-11)16-7-12-10-21-14(17-12)18(2)3;/h10-11H,5-9H2,1-4H3,(H,15,16);1H. The number of rotatable bonds is 5. The highest BCUT2D eigenvalue weighted by Crippen LogP contribution is 2.18. The normalized spacial score (nSPS) is 18.0. The van der Waals surface area contributed by atoms with Gasteiger partial charge in [-0.05, 0) is 6.42 Å². The Morgan fingerprint density at radius 3 is 2.82 bits per heavy atom. The van der Waals surface area contributed by atoms with Crippen LogP contribution in [0.15, 0.2) is 10.4 Å². The van der Waals surface area contributed by atoms with Gasteiger partial charge in [-0.2, -0.15) is 0 Å². The Bertz CT molecular complexity index is 474. The molecule has 8 heteroatoms. The average Bonchev–Trinajstić information content (AvgIpc) is 3.10. The fourth-order valence-corrected chi connectivity index (χ4v) is 3.10. The molecule has 0 saturated carbocycles. The Morgan fingerprint density at radius 2 is 2.27 bits per heavy atom. The summed E-state index contributed by atoms with van der Waals surface area (Å²) in [6, 6.07) is 0. The second-order valence-electron chi connectivity index (χ2n) is 5.53. The Labute approximate surface area is 154 Å². The largest absolute Gasteiger partial charge is 0.381 e. The SMILES string of the molecule is CN=C(NCc1csc(N(C)C)n1)N(C)CC1CCOC1.I. The molecular formula is C14H26IN5OS. The number of guanidine groups is 1. The average molecular weight is 439 g/mol. The zero-order valence-electron chi connectivity index (χ0n) is 13.7. The van der Waals surface area contributed by atoms with Crippen molar-refractivity contribution in [1.29, 1.82) is 0 Å². The third kappa shape index (κ3) is 5.54. The molecule has 0 amide bonds. The maximum atomic E-state index is 5.43. The summed E-state index contributed by atoms with van der Waals surface area (Å²) in [7, 11) is 7.90. The fourth-order valence-electron chi connectivity index (χ4n) is 2.34. The van der Waals surface area contributed by atoms with Gasteiger partial charge in [-0.3, -0.25) is 4.99 Å². The lowest BCUT2D eigenvalue weighted by Gasteiger charge is -2.24. The number of ether oxygens (including phenoxy) is 1. The van der Waals surface area contributed by atoms with E-state index in [0.717, 1.165) is 43.0 Å². The highest BCUT2D eigenvalue weighted by molar-refractivity contribution is 14.0. The van der Waals surface area contributed by atoms with E-state index < -0.39 is 0 Å². The van der Waals surface area contributed by atoms with E-state index in [0.29, 0.717) is 12.5 Å². The number of hydrogen-bond donors (Lipinski definition) is 1. The minimum atomic E-state index is 0. The molecule has 22 heavy (non-hydrogen) atoms. The number of nitrogens with zero attached hydrogens (tertiary/aromatic N) is 4. The van der Waals surface area contributed by atoms with Crippen molar-refractivity contribution in [3.8, 4) is 0 Å². The minimum Gasteiger partial charge on any atom is -0.381 e. The van der Waals surface area contributed by atoms with Crippen LogP contribution in [0.5, 0.6) is 0 Å². The van der Waals surface area contributed by atoms with Crippen LogP contribution < -0.4 is 10.2 Å². The molecule has 2 rings (SSSR count). The summed E-state index contributed by atoms with van der Waals surface area (Å²) in [4.78, 5) is 13.1. The zero-order valence-corrected chi connectivity index (χ0v) is 16.9. The Kier molecular flexibility index (Phi) is 8.40. The van der Waals surface area contributed by atoms with Gasteiger partial charge in [-0.15, -0.1) is 35.3 Å². The number of aromatic nitrogens is 1. The highest BCUT2D eigenvalue weighted by Gasteiger charge is 2.19. The number of halogens is 1. The topological polar surface area (TPSA) is 53.0 Å². The molecule has 0 bridgehead atoms. The van der Waals surface area contributed by atoms with Crippen molar-refractivity contribution in [2.75, 3.05) is 52.8 Å². The second-order valence-corrected chi connectivity index (χ2v) is 6.36. The Hall–Kier alpha value is -0.610. The number of anilines is 1. The summed E-state index contributed by atoms with van der Waals surface area (Å²) in [5, 5.41) is 6.48. The maximum Gasteiger partial charge on any atom is 0.193 e. The minimum absolute atomic E-state index is 0. The molecule has 1 atom stereocenters. The van der Waals surface area contributed by atoms with Crippen molar-refractivity contribution in [2.24, 2.45) is 10.9 Å². The lowest BCUT2D eigenvalue weighted by molar-refractivity contribution is 0.181. The van der Waals surface area contributed by atoms with Crippen molar-refractivity contribution < 1.29 is 4.74 Å². The van der Waals surface area contributed by atoms with E-state index in [9.17, 15) is 0 Å². The molecule has 1 fully saturated rings. The summed E-state index contributed by atoms with van der Waals surface area (Å²) in [6.45, 7) is 3.42. The first-order valence-corrected chi connectivity index (χ1v) is 8.09. The molecule has 1 aromatic rings. The first kappa shape index (κ1) is 19.4. The van der Waals surface area contributed by atoms with Gasteiger partial charge >= 0.3 is 0 Å². The molecule has 1 N–H and O–H groups in total. The lowest BCUT2D eigenvalue weighted by Crippen LogP contribution is -2.41. The molecular weight excluding hydrogens is 413 g/mol. The summed E-state index contributed by atoms with van der Waals surface area (Å²) >= 11 is 1.66. The van der Waals surface area contributed by atoms with Crippen LogP contribution in [0.1, 0.15) is 12.1 Å². The summed E-state index contributed by atoms with van der Waals surface area (Å²) in [6.07, 6.45) is 1.14. The van der Waals surface area contributed by atoms with Crippen LogP contribution in [0.2, 0.25) is 0 Å². The van der Waals surface area contributed by atoms with Gasteiger partial charge in [0.2, 0.25) is 0 Å². The van der Waals surface area contributed by atoms with E-state index in [1.807, 2.05) is 26.0 Å². The van der Waals surface area contributed by atoms with E-state index in [2.05, 4.69) is 32.6 Å². The number of nitrogens with one attached hydrogen (secondary N) is 1. The van der Waals surface area contributed by atoms with E-state index >= 15 is 0 Å². The van der Waals surface area contributed by atoms with Crippen molar-refractivity contribution in [3.05, 3.63) is 11.1 Å². The van der Waals surface area contributed by atoms with E-state index in [4.69, 9.17) is 4.74 Å². The van der Waals surface area contributed by atoms with Gasteiger partial charge in [-0.25, -0.2) is 4.98 Å². The third-order valence-electron chi connectivity index (χ3n) is 3.48. The molecule has 1 saturated heterocycles. The second kappa shape index (κ2) is 9.51. The van der Waals surface area contributed by atoms with E-state index in [1.54, 1.807) is 11.3 Å². The van der Waals surface area contributed by atoms with E-state index in [-0.39, 0.29) is 24.0 Å². The van der Waals surface area contributed by atoms with Crippen LogP contribution in [-0.4, -0.2) is 63.8 Å². The van der Waals surface area contributed by atoms with Gasteiger partial charge in [0.15, 0.2) is 11.1 Å². The van der Waals surface area contributed by atoms with Gasteiger partial charge in [0.1, 0.15) is 0 Å². The molecule has 0 radical (unpaired) electrons. The third-order valence-corrected chi connectivity index (χ3v) is 4.54. The molecule has 0 aliphatic carbocycles. The van der Waals surface area contributed by atoms with Gasteiger partial charge in [0.05, 0.1) is 18.8 Å². The molecule has 126 valence electrons. The summed E-state index contributed by atoms with van der Waals surface area (Å²) in [5.74, 6) is 1.51. The van der Waals surface area contributed by atoms with Crippen molar-refractivity contribution in [2.45, 2.75) is 13.0 Å². The fraction of sp³-hybridized carbons (Fsp3) is 0.714. The number of thiazole rings is 1. The van der Waals surface area contributed by atoms with Crippen molar-refractivity contribution in [1.82, 2.24) is 15.2 Å². The van der Waals surface area contributed by atoms with E-state index in [1.165, 1.54) is 0 Å². The van der Waals surface area contributed by atoms with Crippen molar-refractivity contribution in [3.63, 3.8) is 0 Å². The van der Waals surface area contributed by atoms with Gasteiger partial charge in [-0.1, -0.05) is 0 Å². The Morgan fingerprint density at radius 1 is 1.50 bits per heavy atom. The highest BCUT2D eigenvalue weighted by atomic mass is 127. The maximum absolute atomic E-state index is 5.43. The first-order chi connectivity index (χ1) is 10.1. The predicted octanol–water partition coefficient (Wildman–Crippen LogP) is 1.87. The van der Waals surface area contributed by atoms with Crippen LogP contribution in [0.4, 0.5) is 5.13 Å². The van der Waals surface area contributed by atoms with Crippen LogP contribution in [-0.2, 0) is 11.3 Å². The van der Waals surface area contributed by atoms with Gasteiger partial charge in [0.25, 0.3) is 0 Å². The molecule has 1 aliphatic rings. The summed E-state index contributed by atoms with van der Waals surface area (Å²) < 4.78 is 5.43. The lowest BCUT2D eigenvalue weighted by atomic mass is 10.1. The molecule has 2 heterocycles. The van der Waals surface area contributed by atoms with Crippen LogP contribution >= 0.6 is 35.3 Å².